The lowest BCUT2D eigenvalue weighted by Gasteiger charge is -2.30. The van der Waals surface area contributed by atoms with E-state index in [1.54, 1.807) is 14.2 Å². The third kappa shape index (κ3) is 5.11. The first-order chi connectivity index (χ1) is 12.0. The third-order valence-electron chi connectivity index (χ3n) is 5.03. The van der Waals surface area contributed by atoms with E-state index in [2.05, 4.69) is 24.1 Å². The lowest BCUT2D eigenvalue weighted by molar-refractivity contribution is -0.123. The highest BCUT2D eigenvalue weighted by molar-refractivity contribution is 5.78. The van der Waals surface area contributed by atoms with Crippen molar-refractivity contribution in [2.75, 3.05) is 20.8 Å². The average molecular weight is 348 g/mol. The number of methoxy groups -OCH3 is 2. The van der Waals surface area contributed by atoms with E-state index >= 15 is 0 Å². The topological polar surface area (TPSA) is 50.8 Å². The van der Waals surface area contributed by atoms with Crippen LogP contribution in [-0.2, 0) is 4.79 Å². The van der Waals surface area contributed by atoms with Crippen molar-refractivity contribution in [2.24, 2.45) is 0 Å². The fourth-order valence-electron chi connectivity index (χ4n) is 3.43. The standard InChI is InChI=1S/C20H32N2O3/c1-6-15(7-2)22(16-8-9-16)13-20(23)21-14(3)18-12-17(24-4)10-11-19(18)25-5/h10-12,14-16H,6-9,13H2,1-5H3,(H,21,23)/t14-/m1/s1. The van der Waals surface area contributed by atoms with Gasteiger partial charge in [0.1, 0.15) is 11.5 Å². The van der Waals surface area contributed by atoms with Crippen molar-refractivity contribution in [1.82, 2.24) is 10.2 Å². The minimum Gasteiger partial charge on any atom is -0.497 e. The summed E-state index contributed by atoms with van der Waals surface area (Å²) in [7, 11) is 3.28. The van der Waals surface area contributed by atoms with Crippen molar-refractivity contribution in [2.45, 2.75) is 64.6 Å². The molecule has 0 heterocycles. The maximum Gasteiger partial charge on any atom is 0.234 e. The molecule has 1 saturated carbocycles. The van der Waals surface area contributed by atoms with E-state index in [-0.39, 0.29) is 11.9 Å². The monoisotopic (exact) mass is 348 g/mol. The second-order valence-electron chi connectivity index (χ2n) is 6.77. The molecule has 0 aromatic heterocycles. The van der Waals surface area contributed by atoms with Crippen LogP contribution in [0.1, 0.15) is 58.1 Å². The maximum absolute atomic E-state index is 12.6. The van der Waals surface area contributed by atoms with Gasteiger partial charge in [0.15, 0.2) is 0 Å². The van der Waals surface area contributed by atoms with Crippen LogP contribution in [0.15, 0.2) is 18.2 Å². The smallest absolute Gasteiger partial charge is 0.234 e. The van der Waals surface area contributed by atoms with Gasteiger partial charge in [-0.15, -0.1) is 0 Å². The number of carbonyl (C=O) groups is 1. The van der Waals surface area contributed by atoms with Crippen LogP contribution in [0.5, 0.6) is 11.5 Å². The molecule has 25 heavy (non-hydrogen) atoms. The van der Waals surface area contributed by atoms with Crippen LogP contribution in [0, 0.1) is 0 Å². The number of hydrogen-bond acceptors (Lipinski definition) is 4. The Morgan fingerprint density at radius 3 is 2.44 bits per heavy atom. The van der Waals surface area contributed by atoms with Crippen molar-refractivity contribution >= 4 is 5.91 Å². The highest BCUT2D eigenvalue weighted by Crippen LogP contribution is 2.31. The summed E-state index contributed by atoms with van der Waals surface area (Å²) < 4.78 is 10.7. The van der Waals surface area contributed by atoms with E-state index in [4.69, 9.17) is 9.47 Å². The van der Waals surface area contributed by atoms with Gasteiger partial charge in [-0.2, -0.15) is 0 Å². The lowest BCUT2D eigenvalue weighted by atomic mass is 10.1. The number of rotatable bonds is 10. The molecule has 0 unspecified atom stereocenters. The highest BCUT2D eigenvalue weighted by atomic mass is 16.5. The second-order valence-corrected chi connectivity index (χ2v) is 6.77. The van der Waals surface area contributed by atoms with Crippen LogP contribution < -0.4 is 14.8 Å². The second kappa shape index (κ2) is 9.09. The summed E-state index contributed by atoms with van der Waals surface area (Å²) in [5, 5.41) is 3.12. The SMILES string of the molecule is CCC(CC)N(CC(=O)N[C@H](C)c1cc(OC)ccc1OC)C1CC1. The van der Waals surface area contributed by atoms with E-state index in [9.17, 15) is 4.79 Å². The molecule has 0 aliphatic heterocycles. The van der Waals surface area contributed by atoms with Crippen LogP contribution in [0.3, 0.4) is 0 Å². The first-order valence-corrected chi connectivity index (χ1v) is 9.30. The molecule has 0 saturated heterocycles. The van der Waals surface area contributed by atoms with Gasteiger partial charge in [-0.1, -0.05) is 13.8 Å². The number of nitrogens with zero attached hydrogens (tertiary/aromatic N) is 1. The van der Waals surface area contributed by atoms with Gasteiger partial charge in [-0.05, 0) is 50.8 Å². The van der Waals surface area contributed by atoms with Crippen LogP contribution >= 0.6 is 0 Å². The minimum absolute atomic E-state index is 0.0659. The molecule has 1 aromatic carbocycles. The predicted molar refractivity (Wildman–Crippen MR) is 100 cm³/mol. The Bertz CT molecular complexity index is 568. The number of ether oxygens (including phenoxy) is 2. The molecule has 1 amide bonds. The van der Waals surface area contributed by atoms with Gasteiger partial charge in [0, 0.05) is 17.6 Å². The molecule has 0 bridgehead atoms. The number of nitrogens with one attached hydrogen (secondary N) is 1. The molecule has 5 heteroatoms. The van der Waals surface area contributed by atoms with Crippen LogP contribution in [0.25, 0.3) is 0 Å². The van der Waals surface area contributed by atoms with Crippen molar-refractivity contribution < 1.29 is 14.3 Å². The molecule has 140 valence electrons. The summed E-state index contributed by atoms with van der Waals surface area (Å²) in [6.45, 7) is 6.85. The van der Waals surface area contributed by atoms with Crippen LogP contribution in [0.4, 0.5) is 0 Å². The molecule has 1 N–H and O–H groups in total. The minimum atomic E-state index is -0.139. The van der Waals surface area contributed by atoms with E-state index in [1.165, 1.54) is 12.8 Å². The van der Waals surface area contributed by atoms with Gasteiger partial charge < -0.3 is 14.8 Å². The summed E-state index contributed by atoms with van der Waals surface area (Å²) in [6.07, 6.45) is 4.59. The Morgan fingerprint density at radius 1 is 1.24 bits per heavy atom. The third-order valence-corrected chi connectivity index (χ3v) is 5.03. The molecule has 0 radical (unpaired) electrons. The fraction of sp³-hybridized carbons (Fsp3) is 0.650. The van der Waals surface area contributed by atoms with Gasteiger partial charge in [-0.25, -0.2) is 0 Å². The predicted octanol–water partition coefficient (Wildman–Crippen LogP) is 3.53. The molecule has 1 fully saturated rings. The molecule has 1 atom stereocenters. The zero-order valence-corrected chi connectivity index (χ0v) is 16.2. The Balaban J connectivity index is 2.04. The highest BCUT2D eigenvalue weighted by Gasteiger charge is 2.34. The normalized spacial score (nSPS) is 15.3. The first-order valence-electron chi connectivity index (χ1n) is 9.30. The summed E-state index contributed by atoms with van der Waals surface area (Å²) in [6, 6.07) is 6.58. The molecule has 1 aliphatic rings. The van der Waals surface area contributed by atoms with Gasteiger partial charge >= 0.3 is 0 Å². The molecular weight excluding hydrogens is 316 g/mol. The van der Waals surface area contributed by atoms with E-state index < -0.39 is 0 Å². The Labute approximate surface area is 151 Å². The zero-order chi connectivity index (χ0) is 18.4. The van der Waals surface area contributed by atoms with Crippen molar-refractivity contribution in [3.05, 3.63) is 23.8 Å². The van der Waals surface area contributed by atoms with Crippen LogP contribution in [-0.4, -0.2) is 43.7 Å². The Morgan fingerprint density at radius 2 is 1.92 bits per heavy atom. The molecule has 0 spiro atoms. The van der Waals surface area contributed by atoms with Gasteiger partial charge in [0.2, 0.25) is 5.91 Å². The van der Waals surface area contributed by atoms with Crippen molar-refractivity contribution in [3.8, 4) is 11.5 Å². The van der Waals surface area contributed by atoms with Crippen molar-refractivity contribution in [1.29, 1.82) is 0 Å². The van der Waals surface area contributed by atoms with E-state index in [0.29, 0.717) is 18.6 Å². The average Bonchev–Trinajstić information content (AvgIpc) is 3.46. The first kappa shape index (κ1) is 19.6. The number of carbonyl (C=O) groups excluding carboxylic acids is 1. The van der Waals surface area contributed by atoms with Crippen molar-refractivity contribution in [3.63, 3.8) is 0 Å². The Kier molecular flexibility index (Phi) is 7.12. The maximum atomic E-state index is 12.6. The molecular formula is C20H32N2O3. The molecule has 2 rings (SSSR count). The number of benzene rings is 1. The number of amides is 1. The molecule has 1 aliphatic carbocycles. The zero-order valence-electron chi connectivity index (χ0n) is 16.2. The van der Waals surface area contributed by atoms with Gasteiger partial charge in [0.05, 0.1) is 26.8 Å². The fourth-order valence-corrected chi connectivity index (χ4v) is 3.43. The summed E-state index contributed by atoms with van der Waals surface area (Å²) in [4.78, 5) is 15.0. The van der Waals surface area contributed by atoms with E-state index in [0.717, 1.165) is 29.9 Å². The van der Waals surface area contributed by atoms with Gasteiger partial charge in [0.25, 0.3) is 0 Å². The number of hydrogen-bond donors (Lipinski definition) is 1. The summed E-state index contributed by atoms with van der Waals surface area (Å²) >= 11 is 0. The van der Waals surface area contributed by atoms with Crippen LogP contribution in [0.2, 0.25) is 0 Å². The summed E-state index contributed by atoms with van der Waals surface area (Å²) in [5.74, 6) is 1.58. The molecule has 1 aromatic rings. The largest absolute Gasteiger partial charge is 0.497 e. The quantitative estimate of drug-likeness (QED) is 0.703. The Hall–Kier alpha value is -1.75. The van der Waals surface area contributed by atoms with Gasteiger partial charge in [-0.3, -0.25) is 9.69 Å². The summed E-state index contributed by atoms with van der Waals surface area (Å²) in [5.41, 5.74) is 0.927. The van der Waals surface area contributed by atoms with E-state index in [1.807, 2.05) is 25.1 Å². The lowest BCUT2D eigenvalue weighted by Crippen LogP contribution is -2.44. The molecule has 5 nitrogen and oxygen atoms in total.